The Morgan fingerprint density at radius 3 is 2.24 bits per heavy atom. The maximum atomic E-state index is 12.5. The minimum atomic E-state index is -0.646. The Morgan fingerprint density at radius 2 is 1.69 bits per heavy atom. The number of amides is 1. The Morgan fingerprint density at radius 1 is 1.03 bits per heavy atom. The maximum absolute atomic E-state index is 12.5. The largest absolute Gasteiger partial charge is 0.493 e. The minimum Gasteiger partial charge on any atom is -0.493 e. The molecule has 29 heavy (non-hydrogen) atoms. The molecule has 1 unspecified atom stereocenters. The van der Waals surface area contributed by atoms with Crippen LogP contribution < -0.4 is 14.8 Å². The summed E-state index contributed by atoms with van der Waals surface area (Å²) in [6.45, 7) is 0. The number of methoxy groups -OCH3 is 3. The number of nitro benzene ring substituents is 1. The molecule has 0 aliphatic heterocycles. The lowest BCUT2D eigenvalue weighted by Gasteiger charge is -2.20. The minimum absolute atomic E-state index is 0.00293. The van der Waals surface area contributed by atoms with Gasteiger partial charge in [0, 0.05) is 12.1 Å². The van der Waals surface area contributed by atoms with Gasteiger partial charge < -0.3 is 19.5 Å². The summed E-state index contributed by atoms with van der Waals surface area (Å²) in [5, 5.41) is 13.5. The van der Waals surface area contributed by atoms with E-state index in [1.165, 1.54) is 45.6 Å². The summed E-state index contributed by atoms with van der Waals surface area (Å²) in [7, 11) is 4.27. The fourth-order valence-electron chi connectivity index (χ4n) is 2.74. The van der Waals surface area contributed by atoms with E-state index < -0.39 is 16.9 Å². The highest BCUT2D eigenvalue weighted by molar-refractivity contribution is 5.80. The van der Waals surface area contributed by atoms with Crippen LogP contribution in [0.2, 0.25) is 0 Å². The van der Waals surface area contributed by atoms with Crippen molar-refractivity contribution in [2.45, 2.75) is 18.9 Å². The van der Waals surface area contributed by atoms with Gasteiger partial charge in [-0.15, -0.1) is 0 Å². The number of carbonyl (C=O) groups is 2. The average molecular weight is 402 g/mol. The van der Waals surface area contributed by atoms with Crippen molar-refractivity contribution >= 4 is 17.6 Å². The number of carbonyl (C=O) groups excluding carboxylic acids is 2. The Balaban J connectivity index is 2.18. The summed E-state index contributed by atoms with van der Waals surface area (Å²) in [4.78, 5) is 34.6. The molecular formula is C20H22N2O7. The van der Waals surface area contributed by atoms with E-state index in [1.54, 1.807) is 18.2 Å². The van der Waals surface area contributed by atoms with Crippen LogP contribution >= 0.6 is 0 Å². The third-order valence-electron chi connectivity index (χ3n) is 4.26. The van der Waals surface area contributed by atoms with Crippen molar-refractivity contribution in [3.63, 3.8) is 0 Å². The Hall–Kier alpha value is -3.62. The van der Waals surface area contributed by atoms with E-state index >= 15 is 0 Å². The van der Waals surface area contributed by atoms with Crippen LogP contribution in [-0.4, -0.2) is 38.1 Å². The van der Waals surface area contributed by atoms with Crippen LogP contribution in [-0.2, 0) is 20.7 Å². The predicted octanol–water partition coefficient (Wildman–Crippen LogP) is 2.58. The van der Waals surface area contributed by atoms with Crippen molar-refractivity contribution in [2.75, 3.05) is 21.3 Å². The molecule has 1 atom stereocenters. The molecule has 0 radical (unpaired) electrons. The van der Waals surface area contributed by atoms with Gasteiger partial charge in [-0.3, -0.25) is 19.7 Å². The van der Waals surface area contributed by atoms with Gasteiger partial charge in [0.2, 0.25) is 5.91 Å². The van der Waals surface area contributed by atoms with Crippen molar-refractivity contribution in [3.05, 3.63) is 63.7 Å². The van der Waals surface area contributed by atoms with Gasteiger partial charge in [-0.1, -0.05) is 18.2 Å². The molecule has 0 saturated carbocycles. The van der Waals surface area contributed by atoms with Crippen molar-refractivity contribution in [2.24, 2.45) is 0 Å². The third-order valence-corrected chi connectivity index (χ3v) is 4.26. The normalized spacial score (nSPS) is 11.3. The van der Waals surface area contributed by atoms with Crippen LogP contribution in [0.4, 0.5) is 5.69 Å². The molecule has 1 N–H and O–H groups in total. The monoisotopic (exact) mass is 402 g/mol. The van der Waals surface area contributed by atoms with Gasteiger partial charge in [-0.05, 0) is 23.3 Å². The zero-order chi connectivity index (χ0) is 21.4. The molecule has 0 bridgehead atoms. The summed E-state index contributed by atoms with van der Waals surface area (Å²) in [6, 6.07) is 10.1. The zero-order valence-electron chi connectivity index (χ0n) is 16.3. The van der Waals surface area contributed by atoms with Gasteiger partial charge in [-0.25, -0.2) is 0 Å². The average Bonchev–Trinajstić information content (AvgIpc) is 2.72. The second kappa shape index (κ2) is 10.1. The first-order valence-corrected chi connectivity index (χ1v) is 8.69. The molecular weight excluding hydrogens is 380 g/mol. The van der Waals surface area contributed by atoms with Crippen LogP contribution in [0.3, 0.4) is 0 Å². The summed E-state index contributed by atoms with van der Waals surface area (Å²) in [5.41, 5.74) is 1.20. The van der Waals surface area contributed by atoms with Crippen LogP contribution in [0.15, 0.2) is 42.5 Å². The number of rotatable bonds is 9. The zero-order valence-corrected chi connectivity index (χ0v) is 16.3. The fraction of sp³-hybridized carbons (Fsp3) is 0.300. The van der Waals surface area contributed by atoms with Crippen LogP contribution in [0, 0.1) is 10.1 Å². The number of esters is 1. The first-order valence-electron chi connectivity index (χ1n) is 8.69. The molecule has 0 fully saturated rings. The van der Waals surface area contributed by atoms with Crippen molar-refractivity contribution < 1.29 is 28.7 Å². The van der Waals surface area contributed by atoms with Gasteiger partial charge in [0.25, 0.3) is 5.69 Å². The van der Waals surface area contributed by atoms with Gasteiger partial charge in [0.1, 0.15) is 0 Å². The summed E-state index contributed by atoms with van der Waals surface area (Å²) < 4.78 is 15.2. The number of non-ortho nitro benzene ring substituents is 1. The molecule has 0 saturated heterocycles. The second-order valence-electron chi connectivity index (χ2n) is 6.12. The number of benzene rings is 2. The highest BCUT2D eigenvalue weighted by Gasteiger charge is 2.21. The van der Waals surface area contributed by atoms with Gasteiger partial charge in [0.15, 0.2) is 11.5 Å². The molecule has 0 aliphatic carbocycles. The van der Waals surface area contributed by atoms with E-state index in [1.807, 2.05) is 0 Å². The fourth-order valence-corrected chi connectivity index (χ4v) is 2.74. The lowest BCUT2D eigenvalue weighted by atomic mass is 10.0. The lowest BCUT2D eigenvalue weighted by molar-refractivity contribution is -0.384. The lowest BCUT2D eigenvalue weighted by Crippen LogP contribution is -2.31. The quantitative estimate of drug-likeness (QED) is 0.389. The first kappa shape index (κ1) is 21.7. The highest BCUT2D eigenvalue weighted by atomic mass is 16.6. The molecule has 9 heteroatoms. The van der Waals surface area contributed by atoms with E-state index in [2.05, 4.69) is 5.32 Å². The molecule has 0 spiro atoms. The van der Waals surface area contributed by atoms with Crippen LogP contribution in [0.1, 0.15) is 23.6 Å². The summed E-state index contributed by atoms with van der Waals surface area (Å²) in [6.07, 6.45) is -0.0685. The summed E-state index contributed by atoms with van der Waals surface area (Å²) >= 11 is 0. The molecule has 2 aromatic rings. The van der Waals surface area contributed by atoms with Gasteiger partial charge in [0.05, 0.1) is 45.1 Å². The van der Waals surface area contributed by atoms with Crippen molar-refractivity contribution in [1.29, 1.82) is 0 Å². The molecule has 2 rings (SSSR count). The number of nitro groups is 1. The van der Waals surface area contributed by atoms with Gasteiger partial charge >= 0.3 is 5.97 Å². The van der Waals surface area contributed by atoms with E-state index in [4.69, 9.17) is 14.2 Å². The third kappa shape index (κ3) is 5.93. The SMILES string of the molecule is COC(=O)CC(NC(=O)Cc1ccc([N+](=O)[O-])cc1)c1ccc(OC)c(OC)c1. The smallest absolute Gasteiger partial charge is 0.307 e. The summed E-state index contributed by atoms with van der Waals surface area (Å²) in [5.74, 6) is 0.151. The predicted molar refractivity (Wildman–Crippen MR) is 104 cm³/mol. The molecule has 9 nitrogen and oxygen atoms in total. The number of hydrogen-bond donors (Lipinski definition) is 1. The standard InChI is InChI=1S/C20H22N2O7/c1-27-17-9-6-14(11-18(17)28-2)16(12-20(24)29-3)21-19(23)10-13-4-7-15(8-5-13)22(25)26/h4-9,11,16H,10,12H2,1-3H3,(H,21,23). The van der Waals surface area contributed by atoms with Gasteiger partial charge in [-0.2, -0.15) is 0 Å². The van der Waals surface area contributed by atoms with Crippen molar-refractivity contribution in [1.82, 2.24) is 5.32 Å². The van der Waals surface area contributed by atoms with E-state index in [0.717, 1.165) is 0 Å². The maximum Gasteiger partial charge on any atom is 0.307 e. The van der Waals surface area contributed by atoms with E-state index in [-0.39, 0.29) is 24.4 Å². The second-order valence-corrected chi connectivity index (χ2v) is 6.12. The number of ether oxygens (including phenoxy) is 3. The molecule has 0 aliphatic rings. The molecule has 154 valence electrons. The molecule has 0 heterocycles. The Kier molecular flexibility index (Phi) is 7.53. The topological polar surface area (TPSA) is 117 Å². The van der Waals surface area contributed by atoms with Crippen LogP contribution in [0.5, 0.6) is 11.5 Å². The Bertz CT molecular complexity index is 881. The number of nitrogens with zero attached hydrogens (tertiary/aromatic N) is 1. The number of hydrogen-bond acceptors (Lipinski definition) is 7. The molecule has 0 aromatic heterocycles. The number of nitrogens with one attached hydrogen (secondary N) is 1. The van der Waals surface area contributed by atoms with Crippen LogP contribution in [0.25, 0.3) is 0 Å². The highest BCUT2D eigenvalue weighted by Crippen LogP contribution is 2.31. The van der Waals surface area contributed by atoms with E-state index in [0.29, 0.717) is 22.6 Å². The van der Waals surface area contributed by atoms with Crippen molar-refractivity contribution in [3.8, 4) is 11.5 Å². The molecule has 1 amide bonds. The first-order chi connectivity index (χ1) is 13.9. The van der Waals surface area contributed by atoms with E-state index in [9.17, 15) is 19.7 Å². The molecule has 2 aromatic carbocycles. The Labute approximate surface area is 167 Å².